The lowest BCUT2D eigenvalue weighted by Crippen LogP contribution is -2.33. The van der Waals surface area contributed by atoms with Crippen molar-refractivity contribution in [1.82, 2.24) is 4.90 Å². The summed E-state index contributed by atoms with van der Waals surface area (Å²) in [7, 11) is 2.08. The minimum Gasteiger partial charge on any atom is -0.425 e. The topological polar surface area (TPSA) is 38.8 Å². The zero-order valence-corrected chi connectivity index (χ0v) is 6.90. The summed E-state index contributed by atoms with van der Waals surface area (Å²) in [5.41, 5.74) is 0. The molecule has 0 aromatic heterocycles. The fourth-order valence-electron chi connectivity index (χ4n) is 2.77. The van der Waals surface area contributed by atoms with Crippen molar-refractivity contribution in [2.75, 3.05) is 7.05 Å². The smallest absolute Gasteiger partial charge is 0.425 e. The largest absolute Gasteiger partial charge is 0.509 e. The molecule has 66 valence electrons. The minimum atomic E-state index is -0.477. The molecular formula is C8H11NO3. The molecule has 0 saturated carbocycles. The van der Waals surface area contributed by atoms with Crippen LogP contribution in [-0.4, -0.2) is 42.4 Å². The normalized spacial score (nSPS) is 50.6. The van der Waals surface area contributed by atoms with Gasteiger partial charge in [0.15, 0.2) is 12.2 Å². The summed E-state index contributed by atoms with van der Waals surface area (Å²) in [6.45, 7) is 0. The van der Waals surface area contributed by atoms with Gasteiger partial charge in [0.1, 0.15) is 0 Å². The Morgan fingerprint density at radius 3 is 2.25 bits per heavy atom. The van der Waals surface area contributed by atoms with Gasteiger partial charge in [0.2, 0.25) is 0 Å². The second kappa shape index (κ2) is 1.93. The Hall–Kier alpha value is -0.770. The summed E-state index contributed by atoms with van der Waals surface area (Å²) in [4.78, 5) is 13.1. The Labute approximate surface area is 70.4 Å². The van der Waals surface area contributed by atoms with Crippen LogP contribution in [0.25, 0.3) is 0 Å². The van der Waals surface area contributed by atoms with Crippen molar-refractivity contribution >= 4 is 6.16 Å². The highest BCUT2D eigenvalue weighted by Gasteiger charge is 2.59. The molecule has 2 bridgehead atoms. The van der Waals surface area contributed by atoms with Crippen molar-refractivity contribution in [2.24, 2.45) is 0 Å². The highest BCUT2D eigenvalue weighted by molar-refractivity contribution is 5.63. The van der Waals surface area contributed by atoms with Gasteiger partial charge < -0.3 is 9.47 Å². The first kappa shape index (κ1) is 6.71. The highest BCUT2D eigenvalue weighted by Crippen LogP contribution is 2.42. The molecule has 0 aliphatic carbocycles. The summed E-state index contributed by atoms with van der Waals surface area (Å²) >= 11 is 0. The third-order valence-electron chi connectivity index (χ3n) is 3.35. The molecule has 0 aromatic carbocycles. The van der Waals surface area contributed by atoms with E-state index in [4.69, 9.17) is 9.47 Å². The van der Waals surface area contributed by atoms with E-state index in [-0.39, 0.29) is 12.2 Å². The van der Waals surface area contributed by atoms with E-state index < -0.39 is 6.16 Å². The quantitative estimate of drug-likeness (QED) is 0.491. The molecule has 0 N–H and O–H groups in total. The van der Waals surface area contributed by atoms with Gasteiger partial charge >= 0.3 is 6.16 Å². The maximum atomic E-state index is 10.8. The molecule has 4 heteroatoms. The Balaban J connectivity index is 1.93. The lowest BCUT2D eigenvalue weighted by Gasteiger charge is -2.16. The van der Waals surface area contributed by atoms with E-state index in [0.29, 0.717) is 12.1 Å². The number of likely N-dealkylation sites (N-methyl/N-ethyl adjacent to an activating group) is 1. The van der Waals surface area contributed by atoms with Crippen molar-refractivity contribution in [3.05, 3.63) is 0 Å². The van der Waals surface area contributed by atoms with E-state index in [1.54, 1.807) is 0 Å². The molecule has 12 heavy (non-hydrogen) atoms. The minimum absolute atomic E-state index is 0.0150. The van der Waals surface area contributed by atoms with E-state index >= 15 is 0 Å². The fourth-order valence-corrected chi connectivity index (χ4v) is 2.77. The van der Waals surface area contributed by atoms with Crippen molar-refractivity contribution < 1.29 is 14.3 Å². The molecule has 3 aliphatic heterocycles. The van der Waals surface area contributed by atoms with Crippen LogP contribution < -0.4 is 0 Å². The van der Waals surface area contributed by atoms with Crippen molar-refractivity contribution in [1.29, 1.82) is 0 Å². The van der Waals surface area contributed by atoms with E-state index in [2.05, 4.69) is 11.9 Å². The summed E-state index contributed by atoms with van der Waals surface area (Å²) in [6, 6.07) is 0.817. The van der Waals surface area contributed by atoms with Crippen LogP contribution in [0.15, 0.2) is 0 Å². The summed E-state index contributed by atoms with van der Waals surface area (Å²) in [6.07, 6.45) is 1.83. The van der Waals surface area contributed by atoms with Gasteiger partial charge in [0, 0.05) is 0 Å². The SMILES string of the molecule is CN1C2CCC1C1OC(=O)OC12. The highest BCUT2D eigenvalue weighted by atomic mass is 16.8. The average Bonchev–Trinajstić information content (AvgIpc) is 2.60. The lowest BCUT2D eigenvalue weighted by atomic mass is 9.95. The second-order valence-electron chi connectivity index (χ2n) is 3.79. The number of nitrogens with zero attached hydrogens (tertiary/aromatic N) is 1. The summed E-state index contributed by atoms with van der Waals surface area (Å²) in [5, 5.41) is 0. The van der Waals surface area contributed by atoms with Crippen LogP contribution in [0.3, 0.4) is 0 Å². The number of hydrogen-bond acceptors (Lipinski definition) is 4. The van der Waals surface area contributed by atoms with Gasteiger partial charge in [-0.05, 0) is 19.9 Å². The monoisotopic (exact) mass is 169 g/mol. The molecule has 3 aliphatic rings. The second-order valence-corrected chi connectivity index (χ2v) is 3.79. The zero-order chi connectivity index (χ0) is 8.29. The van der Waals surface area contributed by atoms with E-state index in [1.165, 1.54) is 0 Å². The molecule has 0 spiro atoms. The van der Waals surface area contributed by atoms with Gasteiger partial charge in [-0.2, -0.15) is 0 Å². The zero-order valence-electron chi connectivity index (χ0n) is 6.90. The number of carbonyl (C=O) groups excluding carboxylic acids is 1. The van der Waals surface area contributed by atoms with Crippen LogP contribution in [0.1, 0.15) is 12.8 Å². The van der Waals surface area contributed by atoms with Gasteiger partial charge in [-0.3, -0.25) is 4.90 Å². The number of hydrogen-bond donors (Lipinski definition) is 0. The third-order valence-corrected chi connectivity index (χ3v) is 3.35. The van der Waals surface area contributed by atoms with Crippen LogP contribution in [0, 0.1) is 0 Å². The molecule has 3 saturated heterocycles. The molecule has 0 radical (unpaired) electrons. The molecule has 0 aromatic rings. The molecule has 4 atom stereocenters. The van der Waals surface area contributed by atoms with Crippen molar-refractivity contribution in [3.63, 3.8) is 0 Å². The van der Waals surface area contributed by atoms with E-state index in [0.717, 1.165) is 12.8 Å². The van der Waals surface area contributed by atoms with Crippen molar-refractivity contribution in [2.45, 2.75) is 37.1 Å². The Morgan fingerprint density at radius 1 is 1.25 bits per heavy atom. The first-order chi connectivity index (χ1) is 5.77. The number of carbonyl (C=O) groups is 1. The molecular weight excluding hydrogens is 158 g/mol. The van der Waals surface area contributed by atoms with E-state index in [9.17, 15) is 4.79 Å². The number of rotatable bonds is 0. The van der Waals surface area contributed by atoms with Crippen molar-refractivity contribution in [3.8, 4) is 0 Å². The van der Waals surface area contributed by atoms with Gasteiger partial charge in [0.25, 0.3) is 0 Å². The molecule has 3 rings (SSSR count). The predicted molar refractivity (Wildman–Crippen MR) is 39.7 cm³/mol. The van der Waals surface area contributed by atoms with Crippen LogP contribution in [-0.2, 0) is 9.47 Å². The van der Waals surface area contributed by atoms with Crippen LogP contribution in [0.4, 0.5) is 4.79 Å². The van der Waals surface area contributed by atoms with E-state index in [1.807, 2.05) is 0 Å². The fraction of sp³-hybridized carbons (Fsp3) is 0.875. The molecule has 3 fully saturated rings. The van der Waals surface area contributed by atoms with Crippen LogP contribution >= 0.6 is 0 Å². The molecule has 4 nitrogen and oxygen atoms in total. The Kier molecular flexibility index (Phi) is 1.08. The van der Waals surface area contributed by atoms with Gasteiger partial charge in [-0.1, -0.05) is 0 Å². The Bertz CT molecular complexity index is 220. The summed E-state index contributed by atoms with van der Waals surface area (Å²) < 4.78 is 10.2. The Morgan fingerprint density at radius 2 is 1.75 bits per heavy atom. The summed E-state index contributed by atoms with van der Waals surface area (Å²) in [5.74, 6) is 0. The molecule has 3 heterocycles. The maximum Gasteiger partial charge on any atom is 0.509 e. The first-order valence-corrected chi connectivity index (χ1v) is 4.36. The predicted octanol–water partition coefficient (Wildman–Crippen LogP) is 0.367. The lowest BCUT2D eigenvalue weighted by molar-refractivity contribution is 0.0848. The van der Waals surface area contributed by atoms with Crippen LogP contribution in [0.5, 0.6) is 0 Å². The molecule has 4 unspecified atom stereocenters. The van der Waals surface area contributed by atoms with Crippen LogP contribution in [0.2, 0.25) is 0 Å². The van der Waals surface area contributed by atoms with Gasteiger partial charge in [-0.15, -0.1) is 0 Å². The maximum absolute atomic E-state index is 10.8. The average molecular weight is 169 g/mol. The third kappa shape index (κ3) is 0.602. The van der Waals surface area contributed by atoms with Gasteiger partial charge in [-0.25, -0.2) is 4.79 Å². The molecule has 0 amide bonds. The number of fused-ring (bicyclic) bond motifs is 5. The standard InChI is InChI=1S/C8H11NO3/c1-9-4-2-3-5(9)7-6(4)11-8(10)12-7/h4-7H,2-3H2,1H3. The van der Waals surface area contributed by atoms with Gasteiger partial charge in [0.05, 0.1) is 12.1 Å². The number of ether oxygens (including phenoxy) is 2. The first-order valence-electron chi connectivity index (χ1n) is 4.36.